The molecule has 80 valence electrons. The summed E-state index contributed by atoms with van der Waals surface area (Å²) in [6, 6.07) is 1.88. The minimum atomic E-state index is 0.0612. The van der Waals surface area contributed by atoms with Crippen LogP contribution in [0, 0.1) is 0 Å². The van der Waals surface area contributed by atoms with Crippen LogP contribution in [-0.2, 0) is 6.54 Å². The lowest BCUT2D eigenvalue weighted by molar-refractivity contribution is 0.270. The molecule has 0 spiro atoms. The number of nitrogens with zero attached hydrogens (tertiary/aromatic N) is 2. The normalized spacial score (nSPS) is 19.7. The zero-order valence-corrected chi connectivity index (χ0v) is 8.50. The summed E-state index contributed by atoms with van der Waals surface area (Å²) < 4.78 is 1.64. The van der Waals surface area contributed by atoms with Gasteiger partial charge < -0.3 is 10.8 Å². The molecule has 0 fully saturated rings. The molecule has 2 rings (SSSR count). The monoisotopic (exact) mass is 205 g/mol. The van der Waals surface area contributed by atoms with Crippen LogP contribution in [-0.4, -0.2) is 21.5 Å². The average Bonchev–Trinajstić information content (AvgIpc) is 2.63. The zero-order chi connectivity index (χ0) is 10.7. The maximum Gasteiger partial charge on any atom is 0.122 e. The standard InChI is InChI=1S/C11H15N3O/c12-11-8-10(13-14(11)6-7-15)9-4-2-1-3-5-9/h1-4,8-9,15H,5-7,12H2. The quantitative estimate of drug-likeness (QED) is 0.775. The van der Waals surface area contributed by atoms with Gasteiger partial charge in [-0.3, -0.25) is 0 Å². The molecule has 1 unspecified atom stereocenters. The van der Waals surface area contributed by atoms with Crippen molar-refractivity contribution in [1.29, 1.82) is 0 Å². The molecule has 1 aliphatic carbocycles. The molecule has 15 heavy (non-hydrogen) atoms. The van der Waals surface area contributed by atoms with Gasteiger partial charge in [-0.05, 0) is 6.42 Å². The van der Waals surface area contributed by atoms with Gasteiger partial charge >= 0.3 is 0 Å². The number of hydrogen-bond donors (Lipinski definition) is 2. The van der Waals surface area contributed by atoms with Gasteiger partial charge in [0, 0.05) is 12.0 Å². The molecule has 1 aromatic rings. The summed E-state index contributed by atoms with van der Waals surface area (Å²) in [7, 11) is 0. The molecule has 0 aromatic carbocycles. The van der Waals surface area contributed by atoms with Crippen LogP contribution in [0.1, 0.15) is 18.0 Å². The summed E-state index contributed by atoms with van der Waals surface area (Å²) in [6.45, 7) is 0.518. The number of aliphatic hydroxyl groups is 1. The first-order chi connectivity index (χ1) is 7.31. The van der Waals surface area contributed by atoms with E-state index < -0.39 is 0 Å². The average molecular weight is 205 g/mol. The van der Waals surface area contributed by atoms with E-state index >= 15 is 0 Å². The lowest BCUT2D eigenvalue weighted by atomic mass is 9.98. The van der Waals surface area contributed by atoms with Gasteiger partial charge in [0.15, 0.2) is 0 Å². The third-order valence-electron chi connectivity index (χ3n) is 2.50. The smallest absolute Gasteiger partial charge is 0.122 e. The SMILES string of the molecule is Nc1cc(C2C=CC=CC2)nn1CCO. The number of nitrogen functional groups attached to an aromatic ring is 1. The van der Waals surface area contributed by atoms with E-state index in [9.17, 15) is 0 Å². The van der Waals surface area contributed by atoms with Crippen LogP contribution in [0.2, 0.25) is 0 Å². The number of rotatable bonds is 3. The summed E-state index contributed by atoms with van der Waals surface area (Å²) in [5, 5.41) is 13.2. The third-order valence-corrected chi connectivity index (χ3v) is 2.50. The highest BCUT2D eigenvalue weighted by atomic mass is 16.3. The van der Waals surface area contributed by atoms with Crippen LogP contribution < -0.4 is 5.73 Å². The lowest BCUT2D eigenvalue weighted by Crippen LogP contribution is -2.08. The molecule has 1 aliphatic rings. The molecular formula is C11H15N3O. The summed E-state index contributed by atoms with van der Waals surface area (Å²) in [5.41, 5.74) is 6.76. The number of aromatic nitrogens is 2. The van der Waals surface area contributed by atoms with Crippen molar-refractivity contribution in [3.8, 4) is 0 Å². The fourth-order valence-corrected chi connectivity index (χ4v) is 1.71. The molecule has 0 amide bonds. The second-order valence-electron chi connectivity index (χ2n) is 3.60. The number of anilines is 1. The predicted molar refractivity (Wildman–Crippen MR) is 59.4 cm³/mol. The van der Waals surface area contributed by atoms with E-state index in [1.54, 1.807) is 4.68 Å². The molecule has 0 saturated heterocycles. The van der Waals surface area contributed by atoms with Gasteiger partial charge in [0.2, 0.25) is 0 Å². The van der Waals surface area contributed by atoms with Crippen molar-refractivity contribution in [3.05, 3.63) is 36.1 Å². The lowest BCUT2D eigenvalue weighted by Gasteiger charge is -2.09. The maximum absolute atomic E-state index is 8.82. The molecule has 1 heterocycles. The van der Waals surface area contributed by atoms with E-state index in [2.05, 4.69) is 17.3 Å². The Balaban J connectivity index is 2.18. The van der Waals surface area contributed by atoms with Crippen molar-refractivity contribution in [2.24, 2.45) is 0 Å². The molecule has 3 N–H and O–H groups in total. The van der Waals surface area contributed by atoms with Gasteiger partial charge in [-0.2, -0.15) is 5.10 Å². The maximum atomic E-state index is 8.82. The Morgan fingerprint density at radius 1 is 1.53 bits per heavy atom. The first kappa shape index (κ1) is 9.98. The van der Waals surface area contributed by atoms with Gasteiger partial charge in [0.25, 0.3) is 0 Å². The molecule has 1 aromatic heterocycles. The minimum Gasteiger partial charge on any atom is -0.394 e. The van der Waals surface area contributed by atoms with Gasteiger partial charge in [-0.15, -0.1) is 0 Å². The first-order valence-electron chi connectivity index (χ1n) is 5.08. The summed E-state index contributed by atoms with van der Waals surface area (Å²) in [4.78, 5) is 0. The van der Waals surface area contributed by atoms with Crippen LogP contribution in [0.25, 0.3) is 0 Å². The Labute approximate surface area is 88.7 Å². The van der Waals surface area contributed by atoms with Crippen LogP contribution in [0.3, 0.4) is 0 Å². The van der Waals surface area contributed by atoms with E-state index in [1.165, 1.54) is 0 Å². The van der Waals surface area contributed by atoms with E-state index in [1.807, 2.05) is 18.2 Å². The fourth-order valence-electron chi connectivity index (χ4n) is 1.71. The Hall–Kier alpha value is -1.55. The third kappa shape index (κ3) is 2.10. The molecule has 0 bridgehead atoms. The van der Waals surface area contributed by atoms with Gasteiger partial charge in [-0.1, -0.05) is 24.3 Å². The molecule has 0 saturated carbocycles. The van der Waals surface area contributed by atoms with Gasteiger partial charge in [-0.25, -0.2) is 4.68 Å². The molecule has 1 atom stereocenters. The van der Waals surface area contributed by atoms with Crippen LogP contribution >= 0.6 is 0 Å². The van der Waals surface area contributed by atoms with Crippen molar-refractivity contribution >= 4 is 5.82 Å². The molecule has 0 aliphatic heterocycles. The minimum absolute atomic E-state index is 0.0612. The van der Waals surface area contributed by atoms with Gasteiger partial charge in [0.05, 0.1) is 18.8 Å². The Morgan fingerprint density at radius 2 is 2.40 bits per heavy atom. The summed E-state index contributed by atoms with van der Waals surface area (Å²) in [6.07, 6.45) is 9.25. The van der Waals surface area contributed by atoms with Crippen LogP contribution in [0.4, 0.5) is 5.82 Å². The summed E-state index contributed by atoms with van der Waals surface area (Å²) >= 11 is 0. The van der Waals surface area contributed by atoms with Gasteiger partial charge in [0.1, 0.15) is 5.82 Å². The van der Waals surface area contributed by atoms with E-state index in [-0.39, 0.29) is 6.61 Å². The molecular weight excluding hydrogens is 190 g/mol. The Kier molecular flexibility index (Phi) is 2.87. The highest BCUT2D eigenvalue weighted by Gasteiger charge is 2.13. The van der Waals surface area contributed by atoms with E-state index in [4.69, 9.17) is 10.8 Å². The highest BCUT2D eigenvalue weighted by Crippen LogP contribution is 2.24. The predicted octanol–water partition coefficient (Wildman–Crippen LogP) is 1.06. The first-order valence-corrected chi connectivity index (χ1v) is 5.08. The van der Waals surface area contributed by atoms with Crippen LogP contribution in [0.5, 0.6) is 0 Å². The number of aliphatic hydroxyl groups excluding tert-OH is 1. The topological polar surface area (TPSA) is 64.1 Å². The largest absolute Gasteiger partial charge is 0.394 e. The van der Waals surface area contributed by atoms with Crippen molar-refractivity contribution in [1.82, 2.24) is 9.78 Å². The molecule has 4 nitrogen and oxygen atoms in total. The van der Waals surface area contributed by atoms with Crippen molar-refractivity contribution in [2.75, 3.05) is 12.3 Å². The Bertz CT molecular complexity index is 393. The number of hydrogen-bond acceptors (Lipinski definition) is 3. The van der Waals surface area contributed by atoms with Crippen LogP contribution in [0.15, 0.2) is 30.4 Å². The second kappa shape index (κ2) is 4.31. The highest BCUT2D eigenvalue weighted by molar-refractivity contribution is 5.35. The fraction of sp³-hybridized carbons (Fsp3) is 0.364. The Morgan fingerprint density at radius 3 is 3.07 bits per heavy atom. The van der Waals surface area contributed by atoms with Crippen molar-refractivity contribution in [2.45, 2.75) is 18.9 Å². The number of nitrogens with two attached hydrogens (primary N) is 1. The van der Waals surface area contributed by atoms with Crippen molar-refractivity contribution in [3.63, 3.8) is 0 Å². The molecule has 4 heteroatoms. The second-order valence-corrected chi connectivity index (χ2v) is 3.60. The summed E-state index contributed by atoms with van der Waals surface area (Å²) in [5.74, 6) is 0.930. The van der Waals surface area contributed by atoms with E-state index in [0.29, 0.717) is 18.3 Å². The van der Waals surface area contributed by atoms with Crippen molar-refractivity contribution < 1.29 is 5.11 Å². The zero-order valence-electron chi connectivity index (χ0n) is 8.50. The molecule has 0 radical (unpaired) electrons. The number of allylic oxidation sites excluding steroid dienone is 4. The van der Waals surface area contributed by atoms with E-state index in [0.717, 1.165) is 12.1 Å².